The molecule has 49 heavy (non-hydrogen) atoms. The highest BCUT2D eigenvalue weighted by Gasteiger charge is 2.27. The van der Waals surface area contributed by atoms with Crippen LogP contribution in [0.3, 0.4) is 0 Å². The Bertz CT molecular complexity index is 1960. The van der Waals surface area contributed by atoms with E-state index in [-0.39, 0.29) is 30.3 Å². The third kappa shape index (κ3) is 15.9. The summed E-state index contributed by atoms with van der Waals surface area (Å²) in [5.41, 5.74) is 35.5. The second-order valence-corrected chi connectivity index (χ2v) is 10.9. The molecule has 0 aliphatic rings. The van der Waals surface area contributed by atoms with Gasteiger partial charge in [-0.25, -0.2) is 13.2 Å². The third-order valence-electron chi connectivity index (χ3n) is 5.45. The van der Waals surface area contributed by atoms with E-state index in [0.717, 1.165) is 18.1 Å². The molecule has 0 spiro atoms. The number of azide groups is 3. The lowest BCUT2D eigenvalue weighted by molar-refractivity contribution is -0.147. The lowest BCUT2D eigenvalue weighted by Gasteiger charge is -2.03. The number of sulfonamides is 1. The van der Waals surface area contributed by atoms with Crippen LogP contribution in [0.4, 0.5) is 11.4 Å². The Balaban J connectivity index is 0.000000374. The zero-order valence-electron chi connectivity index (χ0n) is 26.1. The molecule has 0 bridgehead atoms. The largest absolute Gasteiger partial charge is 0.460 e. The summed E-state index contributed by atoms with van der Waals surface area (Å²) < 4.78 is 34.6. The summed E-state index contributed by atoms with van der Waals surface area (Å²) in [4.78, 5) is 54.1. The normalized spacial score (nSPS) is 9.45. The van der Waals surface area contributed by atoms with E-state index in [1.807, 2.05) is 6.92 Å². The SMILES string of the molecule is CC(=O)C(=[N+]=[N-])C(=O)OCc1ccc(N=[N+]=[N-])cc1.CC(=O)CC(=O)OCc1ccc(N=[N+]=[N-])cc1.Cc1ccc(S(=O)(=O)N=[N+]=[N-])cc1. The van der Waals surface area contributed by atoms with Gasteiger partial charge < -0.3 is 15.0 Å². The van der Waals surface area contributed by atoms with Crippen molar-refractivity contribution in [2.45, 2.75) is 45.3 Å². The Labute approximate surface area is 278 Å². The van der Waals surface area contributed by atoms with Crippen LogP contribution in [0, 0.1) is 6.92 Å². The summed E-state index contributed by atoms with van der Waals surface area (Å²) in [5.74, 6) is -2.47. The minimum Gasteiger partial charge on any atom is -0.460 e. The second kappa shape index (κ2) is 21.1. The van der Waals surface area contributed by atoms with E-state index in [0.29, 0.717) is 16.9 Å². The van der Waals surface area contributed by atoms with Crippen molar-refractivity contribution in [3.05, 3.63) is 126 Å². The van der Waals surface area contributed by atoms with Crippen LogP contribution in [0.2, 0.25) is 0 Å². The summed E-state index contributed by atoms with van der Waals surface area (Å²) in [7, 11) is -3.82. The van der Waals surface area contributed by atoms with Crippen LogP contribution < -0.4 is 0 Å². The van der Waals surface area contributed by atoms with Gasteiger partial charge in [0.05, 0.1) is 4.90 Å². The maximum absolute atomic E-state index is 11.4. The average molecular weight is 690 g/mol. The molecule has 0 aliphatic heterocycles. The first-order valence-electron chi connectivity index (χ1n) is 13.5. The Morgan fingerprint density at radius 2 is 1.16 bits per heavy atom. The van der Waals surface area contributed by atoms with Crippen molar-refractivity contribution in [2.24, 2.45) is 14.7 Å². The number of ketones is 2. The van der Waals surface area contributed by atoms with Crippen molar-refractivity contribution in [3.63, 3.8) is 0 Å². The summed E-state index contributed by atoms with van der Waals surface area (Å²) >= 11 is 0. The number of benzene rings is 3. The molecular weight excluding hydrogens is 662 g/mol. The Morgan fingerprint density at radius 3 is 1.55 bits per heavy atom. The highest BCUT2D eigenvalue weighted by atomic mass is 32.2. The van der Waals surface area contributed by atoms with Crippen LogP contribution >= 0.6 is 0 Å². The summed E-state index contributed by atoms with van der Waals surface area (Å²) in [6, 6.07) is 19.0. The van der Waals surface area contributed by atoms with Gasteiger partial charge in [0.25, 0.3) is 10.0 Å². The van der Waals surface area contributed by atoms with Crippen molar-refractivity contribution in [1.82, 2.24) is 0 Å². The zero-order valence-corrected chi connectivity index (χ0v) is 27.0. The van der Waals surface area contributed by atoms with Crippen LogP contribution in [0.15, 0.2) is 92.4 Å². The summed E-state index contributed by atoms with van der Waals surface area (Å²) in [5, 5.41) is 6.79. The molecule has 0 heterocycles. The van der Waals surface area contributed by atoms with Crippen molar-refractivity contribution < 1.29 is 41.9 Å². The number of nitrogens with zero attached hydrogens (tertiary/aromatic N) is 11. The fourth-order valence-electron chi connectivity index (χ4n) is 3.12. The smallest absolute Gasteiger partial charge is 0.441 e. The molecule has 0 N–H and O–H groups in total. The molecule has 0 aliphatic carbocycles. The number of rotatable bonds is 12. The lowest BCUT2D eigenvalue weighted by atomic mass is 10.2. The van der Waals surface area contributed by atoms with Gasteiger partial charge in [0.15, 0.2) is 0 Å². The third-order valence-corrected chi connectivity index (χ3v) is 6.60. The van der Waals surface area contributed by atoms with Crippen LogP contribution in [-0.4, -0.2) is 42.4 Å². The molecule has 0 aromatic heterocycles. The molecule has 3 aromatic rings. The summed E-state index contributed by atoms with van der Waals surface area (Å²) in [6.07, 6.45) is -0.211. The maximum atomic E-state index is 11.4. The van der Waals surface area contributed by atoms with Gasteiger partial charge in [-0.05, 0) is 53.7 Å². The fourth-order valence-corrected chi connectivity index (χ4v) is 3.79. The first-order valence-corrected chi connectivity index (χ1v) is 14.9. The van der Waals surface area contributed by atoms with Crippen molar-refractivity contribution >= 4 is 50.6 Å². The first-order chi connectivity index (χ1) is 23.3. The van der Waals surface area contributed by atoms with Gasteiger partial charge in [0, 0.05) is 37.6 Å². The molecule has 19 nitrogen and oxygen atoms in total. The number of Topliss-reactive ketones (excluding diaryl/α,β-unsaturated/α-hetero) is 2. The predicted octanol–water partition coefficient (Wildman–Crippen LogP) is 6.58. The van der Waals surface area contributed by atoms with Crippen LogP contribution in [-0.2, 0) is 51.9 Å². The highest BCUT2D eigenvalue weighted by molar-refractivity contribution is 7.90. The second-order valence-electron chi connectivity index (χ2n) is 9.29. The number of hydrogen-bond acceptors (Lipinski definition) is 10. The molecule has 3 aromatic carbocycles. The summed E-state index contributed by atoms with van der Waals surface area (Å²) in [6.45, 7) is 4.26. The van der Waals surface area contributed by atoms with E-state index in [9.17, 15) is 27.6 Å². The molecule has 0 radical (unpaired) electrons. The van der Waals surface area contributed by atoms with E-state index < -0.39 is 33.5 Å². The standard InChI is InChI=1S/C11H9N5O3.C11H11N3O3.C7H7N3O2S/c1-7(17)10(14-12)11(18)19-6-8-2-4-9(5-3-8)15-16-13;1-8(15)6-11(16)17-7-9-2-4-10(5-3-9)13-14-12;1-6-2-4-7(5-3-6)13(11,12)10-9-8/h2-5H,6H2,1H3;2-5H,6-7H2,1H3;2-5H,1H3. The van der Waals surface area contributed by atoms with Crippen molar-refractivity contribution in [1.29, 1.82) is 0 Å². The van der Waals surface area contributed by atoms with Crippen LogP contribution in [0.1, 0.15) is 37.0 Å². The van der Waals surface area contributed by atoms with E-state index in [1.54, 1.807) is 60.7 Å². The van der Waals surface area contributed by atoms with Gasteiger partial charge in [-0.3, -0.25) is 14.4 Å². The van der Waals surface area contributed by atoms with Crippen molar-refractivity contribution in [3.8, 4) is 0 Å². The number of hydrogen-bond donors (Lipinski definition) is 0. The number of ether oxygens (including phenoxy) is 2. The number of carbonyl (C=O) groups is 4. The highest BCUT2D eigenvalue weighted by Crippen LogP contribution is 2.15. The average Bonchev–Trinajstić information content (AvgIpc) is 3.05. The Morgan fingerprint density at radius 1 is 0.694 bits per heavy atom. The van der Waals surface area contributed by atoms with E-state index in [2.05, 4.69) is 34.3 Å². The molecule has 0 fully saturated rings. The van der Waals surface area contributed by atoms with Crippen LogP contribution in [0.5, 0.6) is 0 Å². The molecule has 3 rings (SSSR count). The van der Waals surface area contributed by atoms with Gasteiger partial charge >= 0.3 is 17.7 Å². The number of aryl methyl sites for hydroxylation is 1. The molecule has 252 valence electrons. The quantitative estimate of drug-likeness (QED) is 0.0498. The fraction of sp³-hybridized carbons (Fsp3) is 0.207. The molecule has 0 saturated carbocycles. The number of carbonyl (C=O) groups excluding carboxylic acids is 4. The first kappa shape index (κ1) is 40.2. The van der Waals surface area contributed by atoms with Gasteiger partial charge in [-0.15, -0.1) is 0 Å². The van der Waals surface area contributed by atoms with Gasteiger partial charge in [-0.2, -0.15) is 4.79 Å². The minimum atomic E-state index is -3.82. The van der Waals surface area contributed by atoms with E-state index in [4.69, 9.17) is 31.6 Å². The van der Waals surface area contributed by atoms with Crippen molar-refractivity contribution in [2.75, 3.05) is 0 Å². The molecule has 0 saturated heterocycles. The van der Waals surface area contributed by atoms with Gasteiger partial charge in [0.2, 0.25) is 5.78 Å². The maximum Gasteiger partial charge on any atom is 0.441 e. The van der Waals surface area contributed by atoms with E-state index >= 15 is 0 Å². The monoisotopic (exact) mass is 689 g/mol. The zero-order chi connectivity index (χ0) is 36.8. The predicted molar refractivity (Wildman–Crippen MR) is 172 cm³/mol. The Hall–Kier alpha value is -6.80. The van der Waals surface area contributed by atoms with E-state index in [1.165, 1.54) is 19.1 Å². The Kier molecular flexibility index (Phi) is 17.3. The van der Waals surface area contributed by atoms with Gasteiger partial charge in [-0.1, -0.05) is 76.5 Å². The molecule has 0 unspecified atom stereocenters. The molecule has 0 amide bonds. The lowest BCUT2D eigenvalue weighted by Crippen LogP contribution is -2.25. The minimum absolute atomic E-state index is 0.0101. The van der Waals surface area contributed by atoms with Gasteiger partial charge in [0.1, 0.15) is 25.4 Å². The molecule has 20 heteroatoms. The number of esters is 2. The van der Waals surface area contributed by atoms with Crippen LogP contribution in [0.25, 0.3) is 36.9 Å². The molecule has 0 atom stereocenters. The topological polar surface area (TPSA) is 304 Å². The molecular formula is C29H27N11O8S.